The number of ketones is 1. The van der Waals surface area contributed by atoms with Crippen LogP contribution in [0.3, 0.4) is 0 Å². The monoisotopic (exact) mass is 324 g/mol. The topological polar surface area (TPSA) is 59.5 Å². The van der Waals surface area contributed by atoms with Gasteiger partial charge in [0.2, 0.25) is 0 Å². The van der Waals surface area contributed by atoms with Crippen molar-refractivity contribution in [3.8, 4) is 5.75 Å². The first kappa shape index (κ1) is 16.2. The van der Waals surface area contributed by atoms with E-state index in [0.29, 0.717) is 23.9 Å². The van der Waals surface area contributed by atoms with Gasteiger partial charge in [0.15, 0.2) is 12.4 Å². The first-order valence-corrected chi connectivity index (χ1v) is 8.05. The molecule has 3 rings (SSSR count). The van der Waals surface area contributed by atoms with Crippen molar-refractivity contribution >= 4 is 11.7 Å². The number of hydrogen-bond acceptors (Lipinski definition) is 4. The van der Waals surface area contributed by atoms with Crippen LogP contribution >= 0.6 is 0 Å². The third kappa shape index (κ3) is 4.19. The quantitative estimate of drug-likeness (QED) is 0.735. The van der Waals surface area contributed by atoms with Crippen LogP contribution in [0.4, 0.5) is 0 Å². The SMILES string of the molecule is CC(=O)c1ccc(OCC(=O)N(Cc2ccncc2)C2CC2)cc1. The van der Waals surface area contributed by atoms with Crippen LogP contribution in [0.1, 0.15) is 35.7 Å². The summed E-state index contributed by atoms with van der Waals surface area (Å²) >= 11 is 0. The second-order valence-electron chi connectivity index (χ2n) is 5.98. The highest BCUT2D eigenvalue weighted by Crippen LogP contribution is 2.28. The summed E-state index contributed by atoms with van der Waals surface area (Å²) < 4.78 is 5.58. The molecule has 0 aliphatic heterocycles. The first-order chi connectivity index (χ1) is 11.6. The van der Waals surface area contributed by atoms with E-state index in [1.807, 2.05) is 17.0 Å². The number of carbonyl (C=O) groups excluding carboxylic acids is 2. The molecule has 1 amide bonds. The summed E-state index contributed by atoms with van der Waals surface area (Å²) in [6, 6.07) is 11.0. The summed E-state index contributed by atoms with van der Waals surface area (Å²) in [4.78, 5) is 29.6. The molecule has 0 saturated heterocycles. The van der Waals surface area contributed by atoms with E-state index in [4.69, 9.17) is 4.74 Å². The summed E-state index contributed by atoms with van der Waals surface area (Å²) in [6.45, 7) is 2.10. The molecule has 2 aromatic rings. The van der Waals surface area contributed by atoms with E-state index in [2.05, 4.69) is 4.98 Å². The lowest BCUT2D eigenvalue weighted by Gasteiger charge is -2.22. The Hall–Kier alpha value is -2.69. The zero-order valence-electron chi connectivity index (χ0n) is 13.6. The van der Waals surface area contributed by atoms with Gasteiger partial charge in [-0.2, -0.15) is 0 Å². The number of Topliss-reactive ketones (excluding diaryl/α,β-unsaturated/α-hetero) is 1. The molecule has 1 aromatic carbocycles. The van der Waals surface area contributed by atoms with E-state index >= 15 is 0 Å². The van der Waals surface area contributed by atoms with Gasteiger partial charge >= 0.3 is 0 Å². The molecule has 1 heterocycles. The summed E-state index contributed by atoms with van der Waals surface area (Å²) in [5.41, 5.74) is 1.70. The number of benzene rings is 1. The Bertz CT molecular complexity index is 709. The highest BCUT2D eigenvalue weighted by molar-refractivity contribution is 5.94. The Balaban J connectivity index is 1.58. The highest BCUT2D eigenvalue weighted by atomic mass is 16.5. The predicted octanol–water partition coefficient (Wildman–Crippen LogP) is 2.85. The Morgan fingerprint density at radius 3 is 2.38 bits per heavy atom. The molecule has 1 fully saturated rings. The van der Waals surface area contributed by atoms with Crippen molar-refractivity contribution in [1.82, 2.24) is 9.88 Å². The molecular formula is C19H20N2O3. The third-order valence-corrected chi connectivity index (χ3v) is 4.03. The van der Waals surface area contributed by atoms with E-state index in [9.17, 15) is 9.59 Å². The minimum atomic E-state index is -0.0232. The van der Waals surface area contributed by atoms with Crippen molar-refractivity contribution < 1.29 is 14.3 Å². The zero-order chi connectivity index (χ0) is 16.9. The van der Waals surface area contributed by atoms with Gasteiger partial charge in [-0.25, -0.2) is 0 Å². The van der Waals surface area contributed by atoms with Crippen molar-refractivity contribution in [1.29, 1.82) is 0 Å². The molecule has 1 aliphatic carbocycles. The number of rotatable bonds is 7. The number of amides is 1. The molecule has 0 bridgehead atoms. The maximum atomic E-state index is 12.5. The Labute approximate surface area is 141 Å². The van der Waals surface area contributed by atoms with E-state index in [1.54, 1.807) is 36.7 Å². The molecule has 5 nitrogen and oxygen atoms in total. The molecule has 1 saturated carbocycles. The molecule has 0 spiro atoms. The summed E-state index contributed by atoms with van der Waals surface area (Å²) in [6.07, 6.45) is 5.56. The van der Waals surface area contributed by atoms with E-state index in [0.717, 1.165) is 18.4 Å². The fraction of sp³-hybridized carbons (Fsp3) is 0.316. The van der Waals surface area contributed by atoms with Crippen molar-refractivity contribution in [3.63, 3.8) is 0 Å². The van der Waals surface area contributed by atoms with Crippen LogP contribution in [0.2, 0.25) is 0 Å². The average Bonchev–Trinajstić information content (AvgIpc) is 3.44. The fourth-order valence-electron chi connectivity index (χ4n) is 2.51. The predicted molar refractivity (Wildman–Crippen MR) is 89.8 cm³/mol. The maximum absolute atomic E-state index is 12.5. The van der Waals surface area contributed by atoms with E-state index in [-0.39, 0.29) is 18.3 Å². The molecule has 24 heavy (non-hydrogen) atoms. The van der Waals surface area contributed by atoms with Gasteiger partial charge in [0.05, 0.1) is 0 Å². The van der Waals surface area contributed by atoms with Crippen molar-refractivity contribution in [3.05, 3.63) is 59.9 Å². The van der Waals surface area contributed by atoms with E-state index in [1.165, 1.54) is 6.92 Å². The smallest absolute Gasteiger partial charge is 0.261 e. The second-order valence-corrected chi connectivity index (χ2v) is 5.98. The molecule has 1 aromatic heterocycles. The number of ether oxygens (including phenoxy) is 1. The van der Waals surface area contributed by atoms with Gasteiger partial charge in [-0.05, 0) is 61.7 Å². The fourth-order valence-corrected chi connectivity index (χ4v) is 2.51. The van der Waals surface area contributed by atoms with Crippen LogP contribution in [0, 0.1) is 0 Å². The van der Waals surface area contributed by atoms with E-state index < -0.39 is 0 Å². The average molecular weight is 324 g/mol. The van der Waals surface area contributed by atoms with Gasteiger partial charge in [-0.3, -0.25) is 14.6 Å². The van der Waals surface area contributed by atoms with Crippen molar-refractivity contribution in [2.45, 2.75) is 32.4 Å². The molecule has 0 atom stereocenters. The number of carbonyl (C=O) groups is 2. The lowest BCUT2D eigenvalue weighted by Crippen LogP contribution is -2.36. The lowest BCUT2D eigenvalue weighted by atomic mass is 10.1. The number of aromatic nitrogens is 1. The van der Waals surface area contributed by atoms with Crippen LogP contribution in [0.5, 0.6) is 5.75 Å². The summed E-state index contributed by atoms with van der Waals surface area (Å²) in [7, 11) is 0. The molecule has 1 aliphatic rings. The normalized spacial score (nSPS) is 13.4. The van der Waals surface area contributed by atoms with Crippen molar-refractivity contribution in [2.75, 3.05) is 6.61 Å². The molecule has 124 valence electrons. The summed E-state index contributed by atoms with van der Waals surface area (Å²) in [5, 5.41) is 0. The zero-order valence-corrected chi connectivity index (χ0v) is 13.6. The number of pyridine rings is 1. The lowest BCUT2D eigenvalue weighted by molar-refractivity contribution is -0.134. The Kier molecular flexibility index (Phi) is 4.89. The summed E-state index contributed by atoms with van der Waals surface area (Å²) in [5.74, 6) is 0.577. The maximum Gasteiger partial charge on any atom is 0.261 e. The Morgan fingerprint density at radius 1 is 1.12 bits per heavy atom. The largest absolute Gasteiger partial charge is 0.484 e. The minimum Gasteiger partial charge on any atom is -0.484 e. The van der Waals surface area contributed by atoms with Gasteiger partial charge in [0, 0.05) is 30.5 Å². The van der Waals surface area contributed by atoms with Crippen LogP contribution < -0.4 is 4.74 Å². The molecular weight excluding hydrogens is 304 g/mol. The van der Waals surface area contributed by atoms with Gasteiger partial charge in [-0.1, -0.05) is 0 Å². The van der Waals surface area contributed by atoms with Crippen LogP contribution in [-0.4, -0.2) is 34.2 Å². The van der Waals surface area contributed by atoms with Crippen LogP contribution in [0.25, 0.3) is 0 Å². The number of hydrogen-bond donors (Lipinski definition) is 0. The molecule has 0 N–H and O–H groups in total. The highest BCUT2D eigenvalue weighted by Gasteiger charge is 2.32. The van der Waals surface area contributed by atoms with Gasteiger partial charge in [0.25, 0.3) is 5.91 Å². The van der Waals surface area contributed by atoms with Gasteiger partial charge in [0.1, 0.15) is 5.75 Å². The standard InChI is InChI=1S/C19H20N2O3/c1-14(22)16-2-6-18(7-3-16)24-13-19(23)21(17-4-5-17)12-15-8-10-20-11-9-15/h2-3,6-11,17H,4-5,12-13H2,1H3. The van der Waals surface area contributed by atoms with Gasteiger partial charge in [-0.15, -0.1) is 0 Å². The second kappa shape index (κ2) is 7.25. The van der Waals surface area contributed by atoms with Crippen LogP contribution in [-0.2, 0) is 11.3 Å². The van der Waals surface area contributed by atoms with Crippen LogP contribution in [0.15, 0.2) is 48.8 Å². The molecule has 5 heteroatoms. The van der Waals surface area contributed by atoms with Gasteiger partial charge < -0.3 is 9.64 Å². The Morgan fingerprint density at radius 2 is 1.79 bits per heavy atom. The molecule has 0 radical (unpaired) electrons. The van der Waals surface area contributed by atoms with Crippen molar-refractivity contribution in [2.24, 2.45) is 0 Å². The number of nitrogens with zero attached hydrogens (tertiary/aromatic N) is 2. The third-order valence-electron chi connectivity index (χ3n) is 4.03. The first-order valence-electron chi connectivity index (χ1n) is 8.05. The minimum absolute atomic E-state index is 0.000994. The molecule has 0 unspecified atom stereocenters.